The molecule has 1 aromatic rings. The van der Waals surface area contributed by atoms with E-state index in [2.05, 4.69) is 10.6 Å². The smallest absolute Gasteiger partial charge is 0.317 e. The van der Waals surface area contributed by atoms with E-state index in [0.717, 1.165) is 12.8 Å². The maximum absolute atomic E-state index is 13.2. The Morgan fingerprint density at radius 2 is 2.17 bits per heavy atom. The van der Waals surface area contributed by atoms with Crippen LogP contribution in [-0.4, -0.2) is 36.0 Å². The van der Waals surface area contributed by atoms with E-state index >= 15 is 0 Å². The van der Waals surface area contributed by atoms with E-state index in [1.807, 2.05) is 13.8 Å². The molecule has 1 aromatic carbocycles. The summed E-state index contributed by atoms with van der Waals surface area (Å²) in [4.78, 5) is 26.2. The number of carbonyl (C=O) groups excluding carboxylic acids is 2. The van der Waals surface area contributed by atoms with Gasteiger partial charge in [-0.25, -0.2) is 9.18 Å². The Labute approximate surface area is 135 Å². The van der Waals surface area contributed by atoms with E-state index in [4.69, 9.17) is 0 Å². The fourth-order valence-electron chi connectivity index (χ4n) is 3.37. The molecule has 0 bridgehead atoms. The number of hydrogen-bond acceptors (Lipinski definition) is 2. The number of hydrogen-bond donors (Lipinski definition) is 2. The highest BCUT2D eigenvalue weighted by Gasteiger charge is 2.61. The first-order valence-corrected chi connectivity index (χ1v) is 8.01. The summed E-state index contributed by atoms with van der Waals surface area (Å²) in [5.41, 5.74) is 0.385. The summed E-state index contributed by atoms with van der Waals surface area (Å²) in [6.45, 7) is 5.15. The highest BCUT2D eigenvalue weighted by Crippen LogP contribution is 2.58. The third-order valence-corrected chi connectivity index (χ3v) is 4.68. The maximum Gasteiger partial charge on any atom is 0.317 e. The number of urea groups is 1. The minimum atomic E-state index is -0.370. The first-order chi connectivity index (χ1) is 10.9. The third-order valence-electron chi connectivity index (χ3n) is 4.68. The van der Waals surface area contributed by atoms with E-state index in [-0.39, 0.29) is 35.1 Å². The number of carbonyl (C=O) groups is 2. The van der Waals surface area contributed by atoms with Crippen LogP contribution in [0.4, 0.5) is 14.9 Å². The summed E-state index contributed by atoms with van der Waals surface area (Å²) in [7, 11) is 0. The average molecular weight is 319 g/mol. The summed E-state index contributed by atoms with van der Waals surface area (Å²) in [5.74, 6) is -0.546. The summed E-state index contributed by atoms with van der Waals surface area (Å²) in [5, 5.41) is 5.66. The number of nitrogens with one attached hydrogen (secondary N) is 2. The quantitative estimate of drug-likeness (QED) is 0.899. The number of anilines is 1. The minimum absolute atomic E-state index is 0.0620. The third kappa shape index (κ3) is 3.30. The molecule has 6 heteroatoms. The van der Waals surface area contributed by atoms with Crippen LogP contribution in [0.5, 0.6) is 0 Å². The average Bonchev–Trinajstić information content (AvgIpc) is 2.98. The number of benzene rings is 1. The second kappa shape index (κ2) is 5.83. The van der Waals surface area contributed by atoms with Gasteiger partial charge in [-0.05, 0) is 44.9 Å². The normalized spacial score (nSPS) is 25.7. The van der Waals surface area contributed by atoms with Crippen molar-refractivity contribution in [3.05, 3.63) is 30.1 Å². The summed E-state index contributed by atoms with van der Waals surface area (Å²) < 4.78 is 13.2. The summed E-state index contributed by atoms with van der Waals surface area (Å²) in [6, 6.07) is 5.94. The number of amides is 3. The van der Waals surface area contributed by atoms with Crippen molar-refractivity contribution in [3.63, 3.8) is 0 Å². The minimum Gasteiger partial charge on any atom is -0.336 e. The largest absolute Gasteiger partial charge is 0.336 e. The van der Waals surface area contributed by atoms with Crippen molar-refractivity contribution in [1.29, 1.82) is 0 Å². The Bertz CT molecular complexity index is 634. The molecule has 1 heterocycles. The predicted molar refractivity (Wildman–Crippen MR) is 85.4 cm³/mol. The second-order valence-electron chi connectivity index (χ2n) is 6.89. The van der Waals surface area contributed by atoms with Crippen LogP contribution < -0.4 is 10.6 Å². The zero-order chi connectivity index (χ0) is 16.6. The Morgan fingerprint density at radius 1 is 1.39 bits per heavy atom. The number of halogens is 1. The number of nitrogens with zero attached hydrogens (tertiary/aromatic N) is 1. The molecule has 0 radical (unpaired) electrons. The van der Waals surface area contributed by atoms with Crippen LogP contribution in [0.2, 0.25) is 0 Å². The van der Waals surface area contributed by atoms with Crippen molar-refractivity contribution < 1.29 is 14.0 Å². The Kier molecular flexibility index (Phi) is 4.00. The molecule has 2 fully saturated rings. The molecule has 2 aliphatic rings. The Hall–Kier alpha value is -2.11. The number of rotatable bonds is 3. The van der Waals surface area contributed by atoms with Crippen LogP contribution in [0.1, 0.15) is 26.7 Å². The van der Waals surface area contributed by atoms with Gasteiger partial charge in [0.2, 0.25) is 5.91 Å². The molecule has 5 nitrogen and oxygen atoms in total. The lowest BCUT2D eigenvalue weighted by molar-refractivity contribution is -0.118. The van der Waals surface area contributed by atoms with E-state index in [0.29, 0.717) is 18.8 Å². The van der Waals surface area contributed by atoms with E-state index < -0.39 is 0 Å². The Balaban J connectivity index is 1.56. The van der Waals surface area contributed by atoms with Crippen molar-refractivity contribution in [1.82, 2.24) is 10.2 Å². The van der Waals surface area contributed by atoms with Crippen molar-refractivity contribution in [2.75, 3.05) is 18.4 Å². The standard InChI is InChI=1S/C17H22FN3O2/c1-11(2)19-16(23)21-7-6-17(10-21)9-14(17)15(22)20-13-5-3-4-12(18)8-13/h3-5,8,11,14H,6-7,9-10H2,1-2H3,(H,19,23)(H,20,22)/t14-,17-/m0/s1. The molecule has 3 rings (SSSR count). The molecule has 3 amide bonds. The van der Waals surface area contributed by atoms with Gasteiger partial charge in [-0.15, -0.1) is 0 Å². The molecular formula is C17H22FN3O2. The lowest BCUT2D eigenvalue weighted by Crippen LogP contribution is -2.42. The summed E-state index contributed by atoms with van der Waals surface area (Å²) >= 11 is 0. The van der Waals surface area contributed by atoms with Crippen molar-refractivity contribution in [2.24, 2.45) is 11.3 Å². The van der Waals surface area contributed by atoms with Crippen molar-refractivity contribution in [2.45, 2.75) is 32.7 Å². The van der Waals surface area contributed by atoms with Crippen molar-refractivity contribution in [3.8, 4) is 0 Å². The second-order valence-corrected chi connectivity index (χ2v) is 6.89. The van der Waals surface area contributed by atoms with Crippen LogP contribution in [0, 0.1) is 17.2 Å². The highest BCUT2D eigenvalue weighted by atomic mass is 19.1. The van der Waals surface area contributed by atoms with Crippen LogP contribution in [0.25, 0.3) is 0 Å². The lowest BCUT2D eigenvalue weighted by Gasteiger charge is -2.19. The van der Waals surface area contributed by atoms with Gasteiger partial charge in [0.1, 0.15) is 5.82 Å². The zero-order valence-electron chi connectivity index (χ0n) is 13.4. The molecular weight excluding hydrogens is 297 g/mol. The molecule has 1 saturated carbocycles. The van der Waals surface area contributed by atoms with Crippen LogP contribution in [0.3, 0.4) is 0 Å². The van der Waals surface area contributed by atoms with E-state index in [1.165, 1.54) is 12.1 Å². The molecule has 0 aromatic heterocycles. The predicted octanol–water partition coefficient (Wildman–Crippen LogP) is 2.59. The van der Waals surface area contributed by atoms with Gasteiger partial charge in [0, 0.05) is 36.2 Å². The van der Waals surface area contributed by atoms with Gasteiger partial charge in [0.25, 0.3) is 0 Å². The van der Waals surface area contributed by atoms with E-state index in [1.54, 1.807) is 17.0 Å². The summed E-state index contributed by atoms with van der Waals surface area (Å²) in [6.07, 6.45) is 1.64. The van der Waals surface area contributed by atoms with Crippen LogP contribution in [0.15, 0.2) is 24.3 Å². The molecule has 2 atom stereocenters. The first kappa shape index (κ1) is 15.8. The number of likely N-dealkylation sites (tertiary alicyclic amines) is 1. The van der Waals surface area contributed by atoms with Gasteiger partial charge >= 0.3 is 6.03 Å². The molecule has 0 unspecified atom stereocenters. The molecule has 1 aliphatic heterocycles. The fourth-order valence-corrected chi connectivity index (χ4v) is 3.37. The molecule has 23 heavy (non-hydrogen) atoms. The van der Waals surface area contributed by atoms with Gasteiger partial charge in [0.15, 0.2) is 0 Å². The highest BCUT2D eigenvalue weighted by molar-refractivity contribution is 5.95. The zero-order valence-corrected chi connectivity index (χ0v) is 13.4. The SMILES string of the molecule is CC(C)NC(=O)N1CC[C@]2(C[C@H]2C(=O)Nc2cccc(F)c2)C1. The van der Waals surface area contributed by atoms with Crippen LogP contribution >= 0.6 is 0 Å². The fraction of sp³-hybridized carbons (Fsp3) is 0.529. The topological polar surface area (TPSA) is 61.4 Å². The molecule has 1 spiro atoms. The molecule has 1 saturated heterocycles. The van der Waals surface area contributed by atoms with Crippen molar-refractivity contribution >= 4 is 17.6 Å². The van der Waals surface area contributed by atoms with Gasteiger partial charge < -0.3 is 15.5 Å². The molecule has 2 N–H and O–H groups in total. The lowest BCUT2D eigenvalue weighted by atomic mass is 10.0. The van der Waals surface area contributed by atoms with Gasteiger partial charge in [-0.3, -0.25) is 4.79 Å². The molecule has 124 valence electrons. The maximum atomic E-state index is 13.2. The van der Waals surface area contributed by atoms with Crippen LogP contribution in [-0.2, 0) is 4.79 Å². The monoisotopic (exact) mass is 319 g/mol. The Morgan fingerprint density at radius 3 is 2.87 bits per heavy atom. The van der Waals surface area contributed by atoms with Gasteiger partial charge in [-0.2, -0.15) is 0 Å². The van der Waals surface area contributed by atoms with Gasteiger partial charge in [0.05, 0.1) is 0 Å². The van der Waals surface area contributed by atoms with Gasteiger partial charge in [-0.1, -0.05) is 6.07 Å². The van der Waals surface area contributed by atoms with E-state index in [9.17, 15) is 14.0 Å². The first-order valence-electron chi connectivity index (χ1n) is 8.01. The molecule has 1 aliphatic carbocycles.